The Kier molecular flexibility index (Phi) is 3.88. The van der Waals surface area contributed by atoms with E-state index < -0.39 is 0 Å². The van der Waals surface area contributed by atoms with Crippen LogP contribution in [0.5, 0.6) is 0 Å². The highest BCUT2D eigenvalue weighted by atomic mass is 35.5. The Morgan fingerprint density at radius 3 is 3.06 bits per heavy atom. The fraction of sp³-hybridized carbons (Fsp3) is 0.462. The van der Waals surface area contributed by atoms with Gasteiger partial charge < -0.3 is 9.64 Å². The lowest BCUT2D eigenvalue weighted by molar-refractivity contribution is 0.116. The molecule has 3 nitrogen and oxygen atoms in total. The molecule has 0 aliphatic carbocycles. The van der Waals surface area contributed by atoms with Gasteiger partial charge in [0.05, 0.1) is 22.4 Å². The standard InChI is InChI=1S/C13H15ClN2O/c1-16(9-10-4-3-7-17-10)13-6-2-5-12(14)11(13)8-15/h2,5-6,10H,3-4,7,9H2,1H3. The van der Waals surface area contributed by atoms with Gasteiger partial charge in [-0.2, -0.15) is 5.26 Å². The number of rotatable bonds is 3. The first-order valence-corrected chi connectivity index (χ1v) is 6.11. The van der Waals surface area contributed by atoms with E-state index in [0.29, 0.717) is 10.6 Å². The van der Waals surface area contributed by atoms with Gasteiger partial charge in [0.15, 0.2) is 0 Å². The Labute approximate surface area is 107 Å². The lowest BCUT2D eigenvalue weighted by Gasteiger charge is -2.23. The molecule has 0 spiro atoms. The molecule has 1 atom stereocenters. The normalized spacial score (nSPS) is 19.0. The third kappa shape index (κ3) is 2.71. The summed E-state index contributed by atoms with van der Waals surface area (Å²) >= 11 is 6.01. The maximum absolute atomic E-state index is 9.12. The highest BCUT2D eigenvalue weighted by Gasteiger charge is 2.19. The SMILES string of the molecule is CN(CC1CCCO1)c1cccc(Cl)c1C#N. The van der Waals surface area contributed by atoms with Gasteiger partial charge in [-0.3, -0.25) is 0 Å². The Morgan fingerprint density at radius 2 is 2.41 bits per heavy atom. The van der Waals surface area contributed by atoms with Crippen LogP contribution in [-0.2, 0) is 4.74 Å². The third-order valence-electron chi connectivity index (χ3n) is 3.02. The molecule has 2 rings (SSSR count). The summed E-state index contributed by atoms with van der Waals surface area (Å²) in [4.78, 5) is 2.04. The number of hydrogen-bond acceptors (Lipinski definition) is 3. The van der Waals surface area contributed by atoms with Gasteiger partial charge in [0.25, 0.3) is 0 Å². The molecular formula is C13H15ClN2O. The van der Waals surface area contributed by atoms with Gasteiger partial charge in [-0.15, -0.1) is 0 Å². The van der Waals surface area contributed by atoms with Gasteiger partial charge in [0.1, 0.15) is 6.07 Å². The molecular weight excluding hydrogens is 236 g/mol. The van der Waals surface area contributed by atoms with Gasteiger partial charge in [-0.25, -0.2) is 0 Å². The Morgan fingerprint density at radius 1 is 1.59 bits per heavy atom. The molecule has 0 bridgehead atoms. The van der Waals surface area contributed by atoms with E-state index in [0.717, 1.165) is 31.7 Å². The highest BCUT2D eigenvalue weighted by Crippen LogP contribution is 2.27. The topological polar surface area (TPSA) is 36.3 Å². The van der Waals surface area contributed by atoms with Gasteiger partial charge in [-0.05, 0) is 25.0 Å². The predicted octanol–water partition coefficient (Wildman–Crippen LogP) is 2.83. The third-order valence-corrected chi connectivity index (χ3v) is 3.33. The average Bonchev–Trinajstić information content (AvgIpc) is 2.81. The maximum Gasteiger partial charge on any atom is 0.103 e. The molecule has 1 aromatic rings. The van der Waals surface area contributed by atoms with Crippen LogP contribution >= 0.6 is 11.6 Å². The van der Waals surface area contributed by atoms with Crippen molar-refractivity contribution >= 4 is 17.3 Å². The molecule has 1 saturated heterocycles. The van der Waals surface area contributed by atoms with E-state index in [4.69, 9.17) is 21.6 Å². The summed E-state index contributed by atoms with van der Waals surface area (Å²) in [6, 6.07) is 7.68. The molecule has 0 saturated carbocycles. The highest BCUT2D eigenvalue weighted by molar-refractivity contribution is 6.32. The molecule has 1 aliphatic heterocycles. The minimum Gasteiger partial charge on any atom is -0.376 e. The number of nitrogens with zero attached hydrogens (tertiary/aromatic N) is 2. The monoisotopic (exact) mass is 250 g/mol. The van der Waals surface area contributed by atoms with E-state index in [1.165, 1.54) is 0 Å². The van der Waals surface area contributed by atoms with Crippen molar-refractivity contribution in [2.45, 2.75) is 18.9 Å². The lowest BCUT2D eigenvalue weighted by atomic mass is 10.1. The Hall–Kier alpha value is -1.24. The summed E-state index contributed by atoms with van der Waals surface area (Å²) < 4.78 is 5.59. The number of hydrogen-bond donors (Lipinski definition) is 0. The van der Waals surface area contributed by atoms with E-state index in [1.807, 2.05) is 24.1 Å². The quantitative estimate of drug-likeness (QED) is 0.828. The van der Waals surface area contributed by atoms with Gasteiger partial charge >= 0.3 is 0 Å². The van der Waals surface area contributed by atoms with Crippen molar-refractivity contribution in [2.75, 3.05) is 25.1 Å². The Bertz CT molecular complexity index is 436. The first-order valence-electron chi connectivity index (χ1n) is 5.73. The second kappa shape index (κ2) is 5.39. The van der Waals surface area contributed by atoms with Crippen LogP contribution in [0.3, 0.4) is 0 Å². The van der Waals surface area contributed by atoms with Crippen molar-refractivity contribution in [1.82, 2.24) is 0 Å². The van der Waals surface area contributed by atoms with E-state index in [9.17, 15) is 0 Å². The number of benzene rings is 1. The number of halogens is 1. The molecule has 17 heavy (non-hydrogen) atoms. The fourth-order valence-corrected chi connectivity index (χ4v) is 2.35. The first-order chi connectivity index (χ1) is 8.22. The fourth-order valence-electron chi connectivity index (χ4n) is 2.13. The molecule has 0 radical (unpaired) electrons. The van der Waals surface area contributed by atoms with Gasteiger partial charge in [0.2, 0.25) is 0 Å². The first kappa shape index (κ1) is 12.2. The number of anilines is 1. The molecule has 90 valence electrons. The summed E-state index contributed by atoms with van der Waals surface area (Å²) in [7, 11) is 1.97. The van der Waals surface area contributed by atoms with Crippen LogP contribution in [0.4, 0.5) is 5.69 Å². The minimum absolute atomic E-state index is 0.269. The summed E-state index contributed by atoms with van der Waals surface area (Å²) in [5.74, 6) is 0. The van der Waals surface area contributed by atoms with Crippen molar-refractivity contribution in [3.63, 3.8) is 0 Å². The second-order valence-corrected chi connectivity index (χ2v) is 4.67. The zero-order chi connectivity index (χ0) is 12.3. The summed E-state index contributed by atoms with van der Waals surface area (Å²) in [5, 5.41) is 9.62. The van der Waals surface area contributed by atoms with Crippen LogP contribution in [0.25, 0.3) is 0 Å². The molecule has 0 amide bonds. The summed E-state index contributed by atoms with van der Waals surface area (Å²) in [5.41, 5.74) is 1.41. The molecule has 1 aliphatic rings. The molecule has 1 heterocycles. The van der Waals surface area contributed by atoms with Crippen molar-refractivity contribution in [2.24, 2.45) is 0 Å². The van der Waals surface area contributed by atoms with E-state index in [2.05, 4.69) is 6.07 Å². The second-order valence-electron chi connectivity index (χ2n) is 4.26. The molecule has 1 aromatic carbocycles. The minimum atomic E-state index is 0.269. The van der Waals surface area contributed by atoms with Crippen LogP contribution in [-0.4, -0.2) is 26.3 Å². The van der Waals surface area contributed by atoms with Crippen LogP contribution in [0.15, 0.2) is 18.2 Å². The molecule has 4 heteroatoms. The van der Waals surface area contributed by atoms with Crippen molar-refractivity contribution in [3.05, 3.63) is 28.8 Å². The summed E-state index contributed by atoms with van der Waals surface area (Å²) in [6.45, 7) is 1.65. The summed E-state index contributed by atoms with van der Waals surface area (Å²) in [6.07, 6.45) is 2.48. The number of ether oxygens (including phenoxy) is 1. The molecule has 1 fully saturated rings. The van der Waals surface area contributed by atoms with Crippen LogP contribution < -0.4 is 4.90 Å². The van der Waals surface area contributed by atoms with Crippen LogP contribution in [0, 0.1) is 11.3 Å². The zero-order valence-electron chi connectivity index (χ0n) is 9.82. The number of likely N-dealkylation sites (N-methyl/N-ethyl adjacent to an activating group) is 1. The van der Waals surface area contributed by atoms with Crippen molar-refractivity contribution in [1.29, 1.82) is 5.26 Å². The smallest absolute Gasteiger partial charge is 0.103 e. The molecule has 1 unspecified atom stereocenters. The predicted molar refractivity (Wildman–Crippen MR) is 68.4 cm³/mol. The largest absolute Gasteiger partial charge is 0.376 e. The average molecular weight is 251 g/mol. The molecule has 0 N–H and O–H groups in total. The maximum atomic E-state index is 9.12. The number of nitriles is 1. The van der Waals surface area contributed by atoms with E-state index in [1.54, 1.807) is 6.07 Å². The van der Waals surface area contributed by atoms with E-state index >= 15 is 0 Å². The van der Waals surface area contributed by atoms with Crippen molar-refractivity contribution < 1.29 is 4.74 Å². The lowest BCUT2D eigenvalue weighted by Crippen LogP contribution is -2.29. The van der Waals surface area contributed by atoms with Crippen LogP contribution in [0.1, 0.15) is 18.4 Å². The Balaban J connectivity index is 2.15. The van der Waals surface area contributed by atoms with E-state index in [-0.39, 0.29) is 6.10 Å². The molecule has 0 aromatic heterocycles. The van der Waals surface area contributed by atoms with Gasteiger partial charge in [0, 0.05) is 20.2 Å². The van der Waals surface area contributed by atoms with Crippen molar-refractivity contribution in [3.8, 4) is 6.07 Å². The van der Waals surface area contributed by atoms with Crippen LogP contribution in [0.2, 0.25) is 5.02 Å². The van der Waals surface area contributed by atoms with Gasteiger partial charge in [-0.1, -0.05) is 17.7 Å². The zero-order valence-corrected chi connectivity index (χ0v) is 10.6.